The molecule has 0 fully saturated rings. The van der Waals surface area contributed by atoms with Gasteiger partial charge in [0.25, 0.3) is 0 Å². The highest BCUT2D eigenvalue weighted by Crippen LogP contribution is 2.24. The fraction of sp³-hybridized carbons (Fsp3) is 0.417. The summed E-state index contributed by atoms with van der Waals surface area (Å²) in [7, 11) is 0. The summed E-state index contributed by atoms with van der Waals surface area (Å²) < 4.78 is 0. The summed E-state index contributed by atoms with van der Waals surface area (Å²) >= 11 is 0. The zero-order valence-electron chi connectivity index (χ0n) is 9.61. The molecule has 0 radical (unpaired) electrons. The highest BCUT2D eigenvalue weighted by Gasteiger charge is 2.14. The maximum atomic E-state index is 4.36. The van der Waals surface area contributed by atoms with Gasteiger partial charge in [0, 0.05) is 29.6 Å². The number of aromatic nitrogens is 4. The van der Waals surface area contributed by atoms with Gasteiger partial charge in [-0.3, -0.25) is 5.10 Å². The van der Waals surface area contributed by atoms with Gasteiger partial charge >= 0.3 is 0 Å². The van der Waals surface area contributed by atoms with Crippen molar-refractivity contribution in [2.45, 2.75) is 32.2 Å². The quantitative estimate of drug-likeness (QED) is 0.840. The number of rotatable bonds is 3. The standard InChI is InChI=1S/C12H15N5/c1-2-4-11-10(3-1)12(15-8-14-11)13-5-9-6-16-17-7-9/h6-8H,1-5H2,(H,16,17)(H,13,14,15). The minimum atomic E-state index is 0.750. The van der Waals surface area contributed by atoms with E-state index < -0.39 is 0 Å². The average molecular weight is 229 g/mol. The number of nitrogens with zero attached hydrogens (tertiary/aromatic N) is 3. The van der Waals surface area contributed by atoms with Gasteiger partial charge in [0.1, 0.15) is 12.1 Å². The molecule has 0 spiro atoms. The van der Waals surface area contributed by atoms with E-state index in [1.54, 1.807) is 6.33 Å². The van der Waals surface area contributed by atoms with Crippen molar-refractivity contribution in [3.63, 3.8) is 0 Å². The predicted molar refractivity (Wildman–Crippen MR) is 64.6 cm³/mol. The first-order valence-electron chi connectivity index (χ1n) is 5.98. The number of H-pyrrole nitrogens is 1. The third kappa shape index (κ3) is 2.13. The first-order valence-corrected chi connectivity index (χ1v) is 5.98. The van der Waals surface area contributed by atoms with Gasteiger partial charge in [-0.15, -0.1) is 0 Å². The number of aromatic amines is 1. The van der Waals surface area contributed by atoms with Gasteiger partial charge in [-0.1, -0.05) is 0 Å². The van der Waals surface area contributed by atoms with Gasteiger partial charge in [-0.2, -0.15) is 5.10 Å². The normalized spacial score (nSPS) is 14.4. The highest BCUT2D eigenvalue weighted by molar-refractivity contribution is 5.47. The lowest BCUT2D eigenvalue weighted by molar-refractivity contribution is 0.663. The number of anilines is 1. The van der Waals surface area contributed by atoms with Crippen molar-refractivity contribution in [2.24, 2.45) is 0 Å². The fourth-order valence-electron chi connectivity index (χ4n) is 2.23. The molecule has 2 aromatic heterocycles. The van der Waals surface area contributed by atoms with E-state index in [2.05, 4.69) is 25.5 Å². The third-order valence-electron chi connectivity index (χ3n) is 3.14. The summed E-state index contributed by atoms with van der Waals surface area (Å²) in [6.45, 7) is 0.750. The van der Waals surface area contributed by atoms with Crippen molar-refractivity contribution in [1.29, 1.82) is 0 Å². The zero-order chi connectivity index (χ0) is 11.5. The molecule has 0 aliphatic heterocycles. The molecular formula is C12H15N5. The van der Waals surface area contributed by atoms with Crippen LogP contribution >= 0.6 is 0 Å². The first kappa shape index (κ1) is 10.3. The Morgan fingerprint density at radius 1 is 1.24 bits per heavy atom. The summed E-state index contributed by atoms with van der Waals surface area (Å²) in [5.74, 6) is 0.982. The summed E-state index contributed by atoms with van der Waals surface area (Å²) in [5.41, 5.74) is 3.64. The van der Waals surface area contributed by atoms with E-state index in [-0.39, 0.29) is 0 Å². The summed E-state index contributed by atoms with van der Waals surface area (Å²) in [4.78, 5) is 8.69. The van der Waals surface area contributed by atoms with E-state index in [9.17, 15) is 0 Å². The maximum absolute atomic E-state index is 4.36. The lowest BCUT2D eigenvalue weighted by Gasteiger charge is -2.17. The molecular weight excluding hydrogens is 214 g/mol. The molecule has 0 saturated carbocycles. The van der Waals surface area contributed by atoms with Crippen LogP contribution in [0.2, 0.25) is 0 Å². The molecule has 1 aliphatic carbocycles. The molecule has 2 heterocycles. The fourth-order valence-corrected chi connectivity index (χ4v) is 2.23. The van der Waals surface area contributed by atoms with Crippen LogP contribution in [0.25, 0.3) is 0 Å². The van der Waals surface area contributed by atoms with Crippen LogP contribution < -0.4 is 5.32 Å². The van der Waals surface area contributed by atoms with Crippen molar-refractivity contribution >= 4 is 5.82 Å². The Labute approximate surface area is 99.7 Å². The maximum Gasteiger partial charge on any atom is 0.133 e. The molecule has 0 atom stereocenters. The molecule has 0 saturated heterocycles. The van der Waals surface area contributed by atoms with Crippen LogP contribution in [-0.2, 0) is 19.4 Å². The molecule has 2 aromatic rings. The van der Waals surface area contributed by atoms with Gasteiger partial charge in [-0.05, 0) is 25.7 Å². The topological polar surface area (TPSA) is 66.5 Å². The summed E-state index contributed by atoms with van der Waals surface area (Å²) in [5, 5.41) is 10.1. The SMILES string of the molecule is c1nc2c(c(NCc3cn[nH]c3)n1)CCCC2. The zero-order valence-corrected chi connectivity index (χ0v) is 9.61. The molecule has 17 heavy (non-hydrogen) atoms. The minimum absolute atomic E-state index is 0.750. The predicted octanol–water partition coefficient (Wildman–Crippen LogP) is 1.69. The Hall–Kier alpha value is -1.91. The second kappa shape index (κ2) is 4.53. The molecule has 2 N–H and O–H groups in total. The number of hydrogen-bond acceptors (Lipinski definition) is 4. The number of aryl methyl sites for hydroxylation is 1. The van der Waals surface area contributed by atoms with Gasteiger partial charge in [0.15, 0.2) is 0 Å². The van der Waals surface area contributed by atoms with Crippen molar-refractivity contribution in [3.05, 3.63) is 35.5 Å². The molecule has 0 amide bonds. The number of nitrogens with one attached hydrogen (secondary N) is 2. The first-order chi connectivity index (χ1) is 8.43. The molecule has 0 bridgehead atoms. The third-order valence-corrected chi connectivity index (χ3v) is 3.14. The molecule has 1 aliphatic rings. The average Bonchev–Trinajstić information content (AvgIpc) is 2.89. The molecule has 5 heteroatoms. The van der Waals surface area contributed by atoms with Crippen molar-refractivity contribution in [2.75, 3.05) is 5.32 Å². The van der Waals surface area contributed by atoms with Crippen LogP contribution in [0.15, 0.2) is 18.7 Å². The van der Waals surface area contributed by atoms with E-state index >= 15 is 0 Å². The van der Waals surface area contributed by atoms with E-state index in [0.29, 0.717) is 0 Å². The molecule has 88 valence electrons. The summed E-state index contributed by atoms with van der Waals surface area (Å²) in [6, 6.07) is 0. The van der Waals surface area contributed by atoms with Gasteiger partial charge < -0.3 is 5.32 Å². The Balaban J connectivity index is 1.78. The van der Waals surface area contributed by atoms with E-state index in [0.717, 1.165) is 30.8 Å². The molecule has 5 nitrogen and oxygen atoms in total. The number of hydrogen-bond donors (Lipinski definition) is 2. The van der Waals surface area contributed by atoms with Gasteiger partial charge in [0.2, 0.25) is 0 Å². The largest absolute Gasteiger partial charge is 0.366 e. The van der Waals surface area contributed by atoms with Crippen LogP contribution in [0, 0.1) is 0 Å². The second-order valence-electron chi connectivity index (χ2n) is 4.31. The highest BCUT2D eigenvalue weighted by atomic mass is 15.1. The van der Waals surface area contributed by atoms with Crippen LogP contribution in [0.3, 0.4) is 0 Å². The minimum Gasteiger partial charge on any atom is -0.366 e. The smallest absolute Gasteiger partial charge is 0.133 e. The lowest BCUT2D eigenvalue weighted by Crippen LogP contribution is -2.11. The van der Waals surface area contributed by atoms with Gasteiger partial charge in [0.05, 0.1) is 6.20 Å². The Kier molecular flexibility index (Phi) is 2.73. The monoisotopic (exact) mass is 229 g/mol. The van der Waals surface area contributed by atoms with Crippen LogP contribution in [-0.4, -0.2) is 20.2 Å². The van der Waals surface area contributed by atoms with E-state index in [1.165, 1.54) is 24.1 Å². The lowest BCUT2D eigenvalue weighted by atomic mass is 9.96. The Morgan fingerprint density at radius 2 is 2.18 bits per heavy atom. The Bertz CT molecular complexity index is 492. The van der Waals surface area contributed by atoms with Gasteiger partial charge in [-0.25, -0.2) is 9.97 Å². The van der Waals surface area contributed by atoms with Crippen molar-refractivity contribution in [1.82, 2.24) is 20.2 Å². The second-order valence-corrected chi connectivity index (χ2v) is 4.31. The van der Waals surface area contributed by atoms with Crippen LogP contribution in [0.4, 0.5) is 5.82 Å². The van der Waals surface area contributed by atoms with E-state index in [4.69, 9.17) is 0 Å². The molecule has 0 aromatic carbocycles. The molecule has 0 unspecified atom stereocenters. The number of fused-ring (bicyclic) bond motifs is 1. The Morgan fingerprint density at radius 3 is 3.06 bits per heavy atom. The van der Waals surface area contributed by atoms with Crippen molar-refractivity contribution in [3.8, 4) is 0 Å². The van der Waals surface area contributed by atoms with E-state index in [1.807, 2.05) is 12.4 Å². The summed E-state index contributed by atoms with van der Waals surface area (Å²) in [6.07, 6.45) is 10.0. The van der Waals surface area contributed by atoms with Crippen LogP contribution in [0.5, 0.6) is 0 Å². The van der Waals surface area contributed by atoms with Crippen molar-refractivity contribution < 1.29 is 0 Å². The van der Waals surface area contributed by atoms with Crippen LogP contribution in [0.1, 0.15) is 29.7 Å². The molecule has 3 rings (SSSR count).